The quantitative estimate of drug-likeness (QED) is 0.791. The SMILES string of the molecule is CCN(CC)C(=O)COc1ccccc1CNC1CC1. The Morgan fingerprint density at radius 3 is 2.65 bits per heavy atom. The summed E-state index contributed by atoms with van der Waals surface area (Å²) in [6.45, 7) is 6.33. The molecule has 2 rings (SSSR count). The maximum absolute atomic E-state index is 12.0. The molecule has 1 fully saturated rings. The van der Waals surface area contributed by atoms with Gasteiger partial charge in [0.05, 0.1) is 0 Å². The number of benzene rings is 1. The Morgan fingerprint density at radius 2 is 2.00 bits per heavy atom. The van der Waals surface area contributed by atoms with Crippen LogP contribution in [0.1, 0.15) is 32.3 Å². The van der Waals surface area contributed by atoms with E-state index in [0.29, 0.717) is 6.04 Å². The van der Waals surface area contributed by atoms with E-state index < -0.39 is 0 Å². The zero-order valence-corrected chi connectivity index (χ0v) is 12.4. The van der Waals surface area contributed by atoms with Crippen LogP contribution in [0.15, 0.2) is 24.3 Å². The Morgan fingerprint density at radius 1 is 1.30 bits per heavy atom. The van der Waals surface area contributed by atoms with E-state index in [4.69, 9.17) is 4.74 Å². The summed E-state index contributed by atoms with van der Waals surface area (Å²) in [5.74, 6) is 0.848. The third-order valence-corrected chi connectivity index (χ3v) is 3.60. The second-order valence-electron chi connectivity index (χ2n) is 5.12. The lowest BCUT2D eigenvalue weighted by Crippen LogP contribution is -2.34. The summed E-state index contributed by atoms with van der Waals surface area (Å²) in [6, 6.07) is 8.59. The molecule has 0 spiro atoms. The zero-order chi connectivity index (χ0) is 14.4. The highest BCUT2D eigenvalue weighted by atomic mass is 16.5. The summed E-state index contributed by atoms with van der Waals surface area (Å²) in [5, 5.41) is 3.47. The van der Waals surface area contributed by atoms with E-state index >= 15 is 0 Å². The molecule has 0 radical (unpaired) electrons. The molecule has 1 aromatic carbocycles. The summed E-state index contributed by atoms with van der Waals surface area (Å²) in [4.78, 5) is 13.7. The lowest BCUT2D eigenvalue weighted by molar-refractivity contribution is -0.132. The van der Waals surface area contributed by atoms with Crippen molar-refractivity contribution in [1.29, 1.82) is 0 Å². The predicted molar refractivity (Wildman–Crippen MR) is 79.7 cm³/mol. The monoisotopic (exact) mass is 276 g/mol. The molecule has 110 valence electrons. The van der Waals surface area contributed by atoms with Gasteiger partial charge in [-0.2, -0.15) is 0 Å². The molecule has 0 heterocycles. The molecule has 1 aromatic rings. The fourth-order valence-corrected chi connectivity index (χ4v) is 2.14. The van der Waals surface area contributed by atoms with Gasteiger partial charge in [0.1, 0.15) is 5.75 Å². The van der Waals surface area contributed by atoms with Crippen molar-refractivity contribution in [2.24, 2.45) is 0 Å². The van der Waals surface area contributed by atoms with Crippen molar-refractivity contribution in [2.45, 2.75) is 39.3 Å². The Kier molecular flexibility index (Phi) is 5.41. The van der Waals surface area contributed by atoms with Crippen molar-refractivity contribution >= 4 is 5.91 Å². The van der Waals surface area contributed by atoms with Gasteiger partial charge in [-0.3, -0.25) is 4.79 Å². The van der Waals surface area contributed by atoms with Crippen LogP contribution >= 0.6 is 0 Å². The molecule has 0 bridgehead atoms. The zero-order valence-electron chi connectivity index (χ0n) is 12.4. The molecule has 0 aliphatic heterocycles. The van der Waals surface area contributed by atoms with Gasteiger partial charge < -0.3 is 15.0 Å². The summed E-state index contributed by atoms with van der Waals surface area (Å²) >= 11 is 0. The van der Waals surface area contributed by atoms with Gasteiger partial charge in [0.15, 0.2) is 6.61 Å². The average Bonchev–Trinajstić information content (AvgIpc) is 3.29. The molecule has 4 nitrogen and oxygen atoms in total. The molecule has 4 heteroatoms. The smallest absolute Gasteiger partial charge is 0.260 e. The molecule has 1 N–H and O–H groups in total. The van der Waals surface area contributed by atoms with Gasteiger partial charge in [0.2, 0.25) is 0 Å². The molecule has 20 heavy (non-hydrogen) atoms. The first kappa shape index (κ1) is 14.9. The third-order valence-electron chi connectivity index (χ3n) is 3.60. The molecule has 1 aliphatic rings. The number of nitrogens with one attached hydrogen (secondary N) is 1. The Bertz CT molecular complexity index is 440. The fourth-order valence-electron chi connectivity index (χ4n) is 2.14. The summed E-state index contributed by atoms with van der Waals surface area (Å²) < 4.78 is 5.71. The minimum absolute atomic E-state index is 0.0416. The average molecular weight is 276 g/mol. The van der Waals surface area contributed by atoms with E-state index in [1.165, 1.54) is 12.8 Å². The molecule has 0 saturated heterocycles. The molecule has 1 aliphatic carbocycles. The van der Waals surface area contributed by atoms with Crippen LogP contribution in [0.25, 0.3) is 0 Å². The van der Waals surface area contributed by atoms with E-state index in [-0.39, 0.29) is 12.5 Å². The Balaban J connectivity index is 1.89. The molecule has 0 atom stereocenters. The Hall–Kier alpha value is -1.55. The number of carbonyl (C=O) groups is 1. The first-order chi connectivity index (χ1) is 9.74. The third kappa shape index (κ3) is 4.23. The highest BCUT2D eigenvalue weighted by Gasteiger charge is 2.20. The highest BCUT2D eigenvalue weighted by molar-refractivity contribution is 5.77. The number of para-hydroxylation sites is 1. The van der Waals surface area contributed by atoms with Gasteiger partial charge in [-0.05, 0) is 32.8 Å². The largest absolute Gasteiger partial charge is 0.483 e. The van der Waals surface area contributed by atoms with Crippen molar-refractivity contribution in [2.75, 3.05) is 19.7 Å². The van der Waals surface area contributed by atoms with Crippen molar-refractivity contribution in [3.8, 4) is 5.75 Å². The van der Waals surface area contributed by atoms with E-state index in [1.807, 2.05) is 38.1 Å². The predicted octanol–water partition coefficient (Wildman–Crippen LogP) is 2.19. The fraction of sp³-hybridized carbons (Fsp3) is 0.562. The number of likely N-dealkylation sites (N-methyl/N-ethyl adjacent to an activating group) is 1. The lowest BCUT2D eigenvalue weighted by Gasteiger charge is -2.19. The van der Waals surface area contributed by atoms with Crippen LogP contribution in [-0.2, 0) is 11.3 Å². The second-order valence-corrected chi connectivity index (χ2v) is 5.12. The standard InChI is InChI=1S/C16H24N2O2/c1-3-18(4-2)16(19)12-20-15-8-6-5-7-13(15)11-17-14-9-10-14/h5-8,14,17H,3-4,9-12H2,1-2H3. The van der Waals surface area contributed by atoms with Crippen molar-refractivity contribution in [3.63, 3.8) is 0 Å². The maximum atomic E-state index is 12.0. The number of nitrogens with zero attached hydrogens (tertiary/aromatic N) is 1. The highest BCUT2D eigenvalue weighted by Crippen LogP contribution is 2.22. The number of carbonyl (C=O) groups excluding carboxylic acids is 1. The minimum Gasteiger partial charge on any atom is -0.483 e. The van der Waals surface area contributed by atoms with Crippen LogP contribution in [0, 0.1) is 0 Å². The maximum Gasteiger partial charge on any atom is 0.260 e. The van der Waals surface area contributed by atoms with E-state index in [2.05, 4.69) is 5.32 Å². The molecule has 0 aromatic heterocycles. The summed E-state index contributed by atoms with van der Waals surface area (Å²) in [7, 11) is 0. The Labute approximate surface area is 121 Å². The number of ether oxygens (including phenoxy) is 1. The molecular weight excluding hydrogens is 252 g/mol. The second kappa shape index (κ2) is 7.29. The van der Waals surface area contributed by atoms with Crippen LogP contribution < -0.4 is 10.1 Å². The molecule has 1 saturated carbocycles. The normalized spacial score (nSPS) is 14.1. The first-order valence-electron chi connectivity index (χ1n) is 7.46. The first-order valence-corrected chi connectivity index (χ1v) is 7.46. The molecular formula is C16H24N2O2. The van der Waals surface area contributed by atoms with Crippen LogP contribution in [0.2, 0.25) is 0 Å². The van der Waals surface area contributed by atoms with Crippen molar-refractivity contribution in [1.82, 2.24) is 10.2 Å². The van der Waals surface area contributed by atoms with Crippen molar-refractivity contribution < 1.29 is 9.53 Å². The van der Waals surface area contributed by atoms with Crippen LogP contribution in [0.4, 0.5) is 0 Å². The van der Waals surface area contributed by atoms with Crippen LogP contribution in [0.5, 0.6) is 5.75 Å². The van der Waals surface area contributed by atoms with Crippen LogP contribution in [-0.4, -0.2) is 36.5 Å². The van der Waals surface area contributed by atoms with E-state index in [9.17, 15) is 4.79 Å². The number of rotatable bonds is 8. The number of amides is 1. The van der Waals surface area contributed by atoms with Gasteiger partial charge >= 0.3 is 0 Å². The van der Waals surface area contributed by atoms with Gasteiger partial charge in [-0.1, -0.05) is 18.2 Å². The van der Waals surface area contributed by atoms with Gasteiger partial charge in [-0.25, -0.2) is 0 Å². The van der Waals surface area contributed by atoms with Crippen molar-refractivity contribution in [3.05, 3.63) is 29.8 Å². The number of hydrogen-bond acceptors (Lipinski definition) is 3. The van der Waals surface area contributed by atoms with Gasteiger partial charge in [-0.15, -0.1) is 0 Å². The van der Waals surface area contributed by atoms with Gasteiger partial charge in [0, 0.05) is 31.2 Å². The van der Waals surface area contributed by atoms with Crippen LogP contribution in [0.3, 0.4) is 0 Å². The lowest BCUT2D eigenvalue weighted by atomic mass is 10.2. The van der Waals surface area contributed by atoms with E-state index in [0.717, 1.165) is 30.9 Å². The summed E-state index contributed by atoms with van der Waals surface area (Å²) in [5.41, 5.74) is 1.12. The molecule has 0 unspecified atom stereocenters. The summed E-state index contributed by atoms with van der Waals surface area (Å²) in [6.07, 6.45) is 2.53. The molecule has 1 amide bonds. The topological polar surface area (TPSA) is 41.6 Å². The number of hydrogen-bond donors (Lipinski definition) is 1. The minimum atomic E-state index is 0.0416. The van der Waals surface area contributed by atoms with Gasteiger partial charge in [0.25, 0.3) is 5.91 Å². The van der Waals surface area contributed by atoms with E-state index in [1.54, 1.807) is 4.90 Å².